The number of carbonyl (C=O) groups is 3. The van der Waals surface area contributed by atoms with Gasteiger partial charge >= 0.3 is 5.97 Å². The van der Waals surface area contributed by atoms with Gasteiger partial charge in [0.25, 0.3) is 5.91 Å². The Balaban J connectivity index is 1.52. The molecular formula is C35H48N2O5. The molecule has 0 unspecified atom stereocenters. The molecule has 2 aliphatic carbocycles. The summed E-state index contributed by atoms with van der Waals surface area (Å²) in [6.45, 7) is 12.6. The van der Waals surface area contributed by atoms with E-state index in [0.717, 1.165) is 23.5 Å². The van der Waals surface area contributed by atoms with Crippen molar-refractivity contribution in [2.45, 2.75) is 110 Å². The smallest absolute Gasteiger partial charge is 0.372 e. The summed E-state index contributed by atoms with van der Waals surface area (Å²) in [4.78, 5) is 38.2. The largest absolute Gasteiger partial charge is 0.475 e. The van der Waals surface area contributed by atoms with Crippen LogP contribution in [0.2, 0.25) is 0 Å². The first kappa shape index (κ1) is 30.5. The van der Waals surface area contributed by atoms with Gasteiger partial charge in [0.15, 0.2) is 0 Å². The van der Waals surface area contributed by atoms with Gasteiger partial charge in [0.05, 0.1) is 11.0 Å². The van der Waals surface area contributed by atoms with Gasteiger partial charge in [0, 0.05) is 37.7 Å². The number of amides is 1. The van der Waals surface area contributed by atoms with Crippen LogP contribution in [0.15, 0.2) is 24.3 Å². The van der Waals surface area contributed by atoms with Crippen molar-refractivity contribution in [3.8, 4) is 11.3 Å². The molecule has 1 aromatic heterocycles. The van der Waals surface area contributed by atoms with Crippen molar-refractivity contribution in [2.24, 2.45) is 11.3 Å². The number of Topliss-reactive ketones (excluding diaryl/α,β-unsaturated/α-hetero) is 1. The van der Waals surface area contributed by atoms with Gasteiger partial charge < -0.3 is 19.7 Å². The number of aliphatic carboxylic acids is 1. The highest BCUT2D eigenvalue weighted by atomic mass is 16.5. The van der Waals surface area contributed by atoms with E-state index in [1.54, 1.807) is 0 Å². The number of carboxylic acid groups (broad SMARTS) is 1. The summed E-state index contributed by atoms with van der Waals surface area (Å²) >= 11 is 0. The molecule has 5 rings (SSSR count). The van der Waals surface area contributed by atoms with Crippen LogP contribution in [0.4, 0.5) is 0 Å². The van der Waals surface area contributed by atoms with Gasteiger partial charge in [0.2, 0.25) is 5.78 Å². The van der Waals surface area contributed by atoms with Crippen molar-refractivity contribution in [2.75, 3.05) is 19.8 Å². The molecule has 228 valence electrons. The van der Waals surface area contributed by atoms with E-state index in [1.807, 2.05) is 13.0 Å². The molecule has 7 nitrogen and oxygen atoms in total. The maximum atomic E-state index is 13.8. The number of carboxylic acids is 1. The van der Waals surface area contributed by atoms with E-state index in [1.165, 1.54) is 56.1 Å². The Morgan fingerprint density at radius 2 is 1.67 bits per heavy atom. The van der Waals surface area contributed by atoms with E-state index >= 15 is 0 Å². The highest BCUT2D eigenvalue weighted by molar-refractivity contribution is 6.35. The van der Waals surface area contributed by atoms with Gasteiger partial charge in [0.1, 0.15) is 0 Å². The van der Waals surface area contributed by atoms with Crippen LogP contribution in [0.3, 0.4) is 0 Å². The van der Waals surface area contributed by atoms with Crippen molar-refractivity contribution in [3.05, 3.63) is 46.6 Å². The zero-order valence-corrected chi connectivity index (χ0v) is 26.1. The zero-order chi connectivity index (χ0) is 30.3. The Morgan fingerprint density at radius 3 is 2.26 bits per heavy atom. The Bertz CT molecular complexity index is 1320. The standard InChI is InChI=1S/C35H48N2O5/c1-23-28(31(39)36-22-35(30(38)32(40)41)13-15-42-16-14-35)20-29(37(23)21-24-9-7-6-8-10-24)25-17-26(33(2,3)4)19-27(18-25)34(5)11-12-34/h17-20,24H,6-16,21-22H2,1-5H3,(H,36,39)(H,40,41). The van der Waals surface area contributed by atoms with Crippen molar-refractivity contribution < 1.29 is 24.2 Å². The third kappa shape index (κ3) is 6.22. The summed E-state index contributed by atoms with van der Waals surface area (Å²) in [5.41, 5.74) is 5.43. The van der Waals surface area contributed by atoms with Crippen LogP contribution in [-0.2, 0) is 31.7 Å². The first-order chi connectivity index (χ1) is 19.8. The zero-order valence-electron chi connectivity index (χ0n) is 26.1. The Kier molecular flexibility index (Phi) is 8.45. The number of aromatic nitrogens is 1. The highest BCUT2D eigenvalue weighted by Gasteiger charge is 2.44. The number of rotatable bonds is 9. The number of nitrogens with zero attached hydrogens (tertiary/aromatic N) is 1. The molecule has 42 heavy (non-hydrogen) atoms. The van der Waals surface area contributed by atoms with E-state index in [2.05, 4.69) is 55.8 Å². The molecule has 0 bridgehead atoms. The van der Waals surface area contributed by atoms with E-state index in [9.17, 15) is 19.5 Å². The number of hydrogen-bond acceptors (Lipinski definition) is 4. The predicted molar refractivity (Wildman–Crippen MR) is 164 cm³/mol. The molecule has 1 aliphatic heterocycles. The number of benzene rings is 1. The summed E-state index contributed by atoms with van der Waals surface area (Å²) in [6, 6.07) is 9.02. The van der Waals surface area contributed by atoms with Crippen LogP contribution in [0.25, 0.3) is 11.3 Å². The molecule has 0 atom stereocenters. The van der Waals surface area contributed by atoms with Crippen LogP contribution in [0, 0.1) is 18.3 Å². The lowest BCUT2D eigenvalue weighted by Crippen LogP contribution is -2.49. The average molecular weight is 577 g/mol. The second kappa shape index (κ2) is 11.6. The summed E-state index contributed by atoms with van der Waals surface area (Å²) in [5, 5.41) is 12.5. The van der Waals surface area contributed by atoms with Crippen LogP contribution < -0.4 is 5.32 Å². The minimum Gasteiger partial charge on any atom is -0.475 e. The quantitative estimate of drug-likeness (QED) is 0.329. The van der Waals surface area contributed by atoms with Crippen LogP contribution in [0.1, 0.15) is 113 Å². The predicted octanol–water partition coefficient (Wildman–Crippen LogP) is 6.57. The summed E-state index contributed by atoms with van der Waals surface area (Å²) in [5.74, 6) is -1.99. The fourth-order valence-electron chi connectivity index (χ4n) is 6.83. The second-order valence-corrected chi connectivity index (χ2v) is 14.5. The maximum absolute atomic E-state index is 13.8. The molecule has 2 saturated carbocycles. The average Bonchev–Trinajstić information content (AvgIpc) is 3.65. The Morgan fingerprint density at radius 1 is 1.00 bits per heavy atom. The monoisotopic (exact) mass is 576 g/mol. The van der Waals surface area contributed by atoms with E-state index in [0.29, 0.717) is 24.7 Å². The first-order valence-electron chi connectivity index (χ1n) is 15.8. The van der Waals surface area contributed by atoms with Crippen molar-refractivity contribution >= 4 is 17.7 Å². The normalized spacial score (nSPS) is 20.2. The van der Waals surface area contributed by atoms with Gasteiger partial charge in [-0.3, -0.25) is 9.59 Å². The topological polar surface area (TPSA) is 97.6 Å². The Labute approximate surface area is 250 Å². The minimum atomic E-state index is -1.46. The molecule has 2 aromatic rings. The van der Waals surface area contributed by atoms with Gasteiger partial charge in [-0.1, -0.05) is 53.0 Å². The van der Waals surface area contributed by atoms with Crippen LogP contribution >= 0.6 is 0 Å². The minimum absolute atomic E-state index is 0.00901. The number of carbonyl (C=O) groups excluding carboxylic acids is 2. The molecule has 7 heteroatoms. The third-order valence-electron chi connectivity index (χ3n) is 10.3. The van der Waals surface area contributed by atoms with E-state index in [-0.39, 0.29) is 36.1 Å². The summed E-state index contributed by atoms with van der Waals surface area (Å²) in [7, 11) is 0. The van der Waals surface area contributed by atoms with Gasteiger partial charge in [-0.2, -0.15) is 0 Å². The molecule has 3 fully saturated rings. The van der Waals surface area contributed by atoms with Gasteiger partial charge in [-0.25, -0.2) is 4.79 Å². The van der Waals surface area contributed by atoms with Crippen LogP contribution in [0.5, 0.6) is 0 Å². The molecule has 2 N–H and O–H groups in total. The molecule has 2 heterocycles. The molecule has 3 aliphatic rings. The lowest BCUT2D eigenvalue weighted by Gasteiger charge is -2.34. The number of hydrogen-bond donors (Lipinski definition) is 2. The molecular weight excluding hydrogens is 528 g/mol. The fourth-order valence-corrected chi connectivity index (χ4v) is 6.83. The fraction of sp³-hybridized carbons (Fsp3) is 0.629. The molecule has 1 amide bonds. The highest BCUT2D eigenvalue weighted by Crippen LogP contribution is 2.49. The molecule has 0 radical (unpaired) electrons. The maximum Gasteiger partial charge on any atom is 0.372 e. The number of nitrogens with one attached hydrogen (secondary N) is 1. The number of ketones is 1. The lowest BCUT2D eigenvalue weighted by atomic mass is 9.76. The number of ether oxygens (including phenoxy) is 1. The SMILES string of the molecule is Cc1c(C(=O)NCC2(C(=O)C(=O)O)CCOCC2)cc(-c2cc(C(C)(C)C)cc(C3(C)CC3)c2)n1CC1CCCCC1. The van der Waals surface area contributed by atoms with Crippen LogP contribution in [-0.4, -0.2) is 47.1 Å². The molecule has 0 spiro atoms. The summed E-state index contributed by atoms with van der Waals surface area (Å²) < 4.78 is 7.76. The molecule has 1 saturated heterocycles. The van der Waals surface area contributed by atoms with Crippen molar-refractivity contribution in [3.63, 3.8) is 0 Å². The summed E-state index contributed by atoms with van der Waals surface area (Å²) in [6.07, 6.45) is 9.14. The van der Waals surface area contributed by atoms with Crippen molar-refractivity contribution in [1.29, 1.82) is 0 Å². The second-order valence-electron chi connectivity index (χ2n) is 14.5. The lowest BCUT2D eigenvalue weighted by molar-refractivity contribution is -0.156. The third-order valence-corrected chi connectivity index (χ3v) is 10.3. The van der Waals surface area contributed by atoms with E-state index in [4.69, 9.17) is 4.74 Å². The first-order valence-corrected chi connectivity index (χ1v) is 15.8. The van der Waals surface area contributed by atoms with Gasteiger partial charge in [-0.15, -0.1) is 0 Å². The van der Waals surface area contributed by atoms with Gasteiger partial charge in [-0.05, 0) is 97.1 Å². The molecule has 1 aromatic carbocycles. The Hall–Kier alpha value is -2.93. The van der Waals surface area contributed by atoms with Crippen molar-refractivity contribution in [1.82, 2.24) is 9.88 Å². The van der Waals surface area contributed by atoms with E-state index < -0.39 is 17.2 Å².